The van der Waals surface area contributed by atoms with Gasteiger partial charge in [0.2, 0.25) is 11.8 Å². The molecule has 0 saturated carbocycles. The van der Waals surface area contributed by atoms with Gasteiger partial charge in [0.05, 0.1) is 5.92 Å². The molecule has 0 radical (unpaired) electrons. The fraction of sp³-hybridized carbons (Fsp3) is 0.615. The summed E-state index contributed by atoms with van der Waals surface area (Å²) < 4.78 is 4.88. The van der Waals surface area contributed by atoms with E-state index in [1.54, 1.807) is 17.9 Å². The first-order valence-corrected chi connectivity index (χ1v) is 6.47. The average molecular weight is 265 g/mol. The Morgan fingerprint density at radius 3 is 2.95 bits per heavy atom. The van der Waals surface area contributed by atoms with Crippen LogP contribution < -0.4 is 5.32 Å². The molecule has 2 amide bonds. The summed E-state index contributed by atoms with van der Waals surface area (Å²) in [5.41, 5.74) is 0. The van der Waals surface area contributed by atoms with Crippen LogP contribution in [0.3, 0.4) is 0 Å². The molecule has 104 valence electrons. The van der Waals surface area contributed by atoms with Gasteiger partial charge in [-0.15, -0.1) is 0 Å². The SMILES string of the molecule is Cc1cc(NC(=O)[C@H]2CC(=O)N(CC(C)C)C2)no1. The normalized spacial score (nSPS) is 19.3. The Balaban J connectivity index is 1.92. The van der Waals surface area contributed by atoms with Crippen molar-refractivity contribution in [2.24, 2.45) is 11.8 Å². The molecule has 1 fully saturated rings. The summed E-state index contributed by atoms with van der Waals surface area (Å²) in [6, 6.07) is 1.65. The molecule has 0 bridgehead atoms. The Labute approximate surface area is 112 Å². The van der Waals surface area contributed by atoms with Gasteiger partial charge >= 0.3 is 0 Å². The van der Waals surface area contributed by atoms with Crippen LogP contribution in [0.1, 0.15) is 26.0 Å². The molecule has 6 nitrogen and oxygen atoms in total. The zero-order valence-corrected chi connectivity index (χ0v) is 11.5. The maximum absolute atomic E-state index is 12.0. The van der Waals surface area contributed by atoms with Gasteiger partial charge in [-0.3, -0.25) is 9.59 Å². The number of likely N-dealkylation sites (tertiary alicyclic amines) is 1. The third-order valence-corrected chi connectivity index (χ3v) is 3.05. The number of hydrogen-bond donors (Lipinski definition) is 1. The molecule has 1 aromatic rings. The van der Waals surface area contributed by atoms with Gasteiger partial charge in [0.25, 0.3) is 0 Å². The number of carbonyl (C=O) groups is 2. The summed E-state index contributed by atoms with van der Waals surface area (Å²) in [4.78, 5) is 25.6. The molecular weight excluding hydrogens is 246 g/mol. The average Bonchev–Trinajstić information content (AvgIpc) is 2.86. The second-order valence-electron chi connectivity index (χ2n) is 5.41. The third-order valence-electron chi connectivity index (χ3n) is 3.05. The molecule has 0 spiro atoms. The van der Waals surface area contributed by atoms with Crippen LogP contribution >= 0.6 is 0 Å². The van der Waals surface area contributed by atoms with Gasteiger partial charge in [-0.1, -0.05) is 19.0 Å². The lowest BCUT2D eigenvalue weighted by Crippen LogP contribution is -2.31. The minimum atomic E-state index is -0.303. The number of nitrogens with zero attached hydrogens (tertiary/aromatic N) is 2. The Kier molecular flexibility index (Phi) is 3.87. The van der Waals surface area contributed by atoms with E-state index in [9.17, 15) is 9.59 Å². The molecule has 1 saturated heterocycles. The first-order chi connectivity index (χ1) is 8.95. The number of aryl methyl sites for hydroxylation is 1. The minimum Gasteiger partial charge on any atom is -0.360 e. The lowest BCUT2D eigenvalue weighted by Gasteiger charge is -2.18. The Morgan fingerprint density at radius 1 is 1.63 bits per heavy atom. The quantitative estimate of drug-likeness (QED) is 0.893. The predicted octanol–water partition coefficient (Wildman–Crippen LogP) is 1.43. The summed E-state index contributed by atoms with van der Waals surface area (Å²) in [5, 5.41) is 6.38. The lowest BCUT2D eigenvalue weighted by atomic mass is 10.1. The van der Waals surface area contributed by atoms with Crippen molar-refractivity contribution < 1.29 is 14.1 Å². The topological polar surface area (TPSA) is 75.4 Å². The number of rotatable bonds is 4. The van der Waals surface area contributed by atoms with E-state index < -0.39 is 0 Å². The number of nitrogens with one attached hydrogen (secondary N) is 1. The van der Waals surface area contributed by atoms with Crippen LogP contribution in [-0.4, -0.2) is 35.0 Å². The van der Waals surface area contributed by atoms with Gasteiger partial charge in [-0.05, 0) is 12.8 Å². The number of carbonyl (C=O) groups excluding carboxylic acids is 2. The van der Waals surface area contributed by atoms with E-state index in [1.165, 1.54) is 0 Å². The van der Waals surface area contributed by atoms with Crippen LogP contribution in [0.5, 0.6) is 0 Å². The Morgan fingerprint density at radius 2 is 2.37 bits per heavy atom. The highest BCUT2D eigenvalue weighted by Crippen LogP contribution is 2.20. The molecule has 1 aliphatic heterocycles. The molecule has 6 heteroatoms. The Hall–Kier alpha value is -1.85. The van der Waals surface area contributed by atoms with E-state index in [1.807, 2.05) is 0 Å². The van der Waals surface area contributed by atoms with E-state index in [-0.39, 0.29) is 24.2 Å². The monoisotopic (exact) mass is 265 g/mol. The fourth-order valence-corrected chi connectivity index (χ4v) is 2.22. The molecule has 1 atom stereocenters. The van der Waals surface area contributed by atoms with Crippen molar-refractivity contribution in [3.63, 3.8) is 0 Å². The van der Waals surface area contributed by atoms with Crippen LogP contribution in [-0.2, 0) is 9.59 Å². The second-order valence-corrected chi connectivity index (χ2v) is 5.41. The maximum atomic E-state index is 12.0. The summed E-state index contributed by atoms with van der Waals surface area (Å²) >= 11 is 0. The van der Waals surface area contributed by atoms with E-state index in [4.69, 9.17) is 4.52 Å². The molecule has 0 aliphatic carbocycles. The summed E-state index contributed by atoms with van der Waals surface area (Å²) in [5.74, 6) is 1.02. The predicted molar refractivity (Wildman–Crippen MR) is 69.4 cm³/mol. The number of anilines is 1. The first-order valence-electron chi connectivity index (χ1n) is 6.47. The highest BCUT2D eigenvalue weighted by Gasteiger charge is 2.34. The van der Waals surface area contributed by atoms with Gasteiger partial charge in [0, 0.05) is 25.6 Å². The van der Waals surface area contributed by atoms with E-state index in [2.05, 4.69) is 24.3 Å². The van der Waals surface area contributed by atoms with E-state index in [0.717, 1.165) is 0 Å². The van der Waals surface area contributed by atoms with Crippen molar-refractivity contribution in [1.29, 1.82) is 0 Å². The van der Waals surface area contributed by atoms with Gasteiger partial charge < -0.3 is 14.7 Å². The smallest absolute Gasteiger partial charge is 0.231 e. The highest BCUT2D eigenvalue weighted by molar-refractivity contribution is 5.96. The van der Waals surface area contributed by atoms with Crippen LogP contribution in [0, 0.1) is 18.8 Å². The summed E-state index contributed by atoms with van der Waals surface area (Å²) in [7, 11) is 0. The molecular formula is C13H19N3O3. The summed E-state index contributed by atoms with van der Waals surface area (Å²) in [6.07, 6.45) is 0.273. The number of aromatic nitrogens is 1. The number of hydrogen-bond acceptors (Lipinski definition) is 4. The zero-order chi connectivity index (χ0) is 14.0. The molecule has 1 aliphatic rings. The van der Waals surface area contributed by atoms with Crippen molar-refractivity contribution in [3.8, 4) is 0 Å². The summed E-state index contributed by atoms with van der Waals surface area (Å²) in [6.45, 7) is 7.05. The lowest BCUT2D eigenvalue weighted by molar-refractivity contribution is -0.128. The van der Waals surface area contributed by atoms with Crippen molar-refractivity contribution in [2.45, 2.75) is 27.2 Å². The molecule has 19 heavy (non-hydrogen) atoms. The van der Waals surface area contributed by atoms with Crippen molar-refractivity contribution in [3.05, 3.63) is 11.8 Å². The van der Waals surface area contributed by atoms with Gasteiger partial charge in [-0.25, -0.2) is 0 Å². The van der Waals surface area contributed by atoms with Crippen molar-refractivity contribution >= 4 is 17.6 Å². The van der Waals surface area contributed by atoms with Crippen LogP contribution in [0.15, 0.2) is 10.6 Å². The maximum Gasteiger partial charge on any atom is 0.231 e. The van der Waals surface area contributed by atoms with E-state index in [0.29, 0.717) is 30.6 Å². The first kappa shape index (κ1) is 13.6. The van der Waals surface area contributed by atoms with Crippen LogP contribution in [0.4, 0.5) is 5.82 Å². The molecule has 1 N–H and O–H groups in total. The molecule has 2 rings (SSSR count). The largest absolute Gasteiger partial charge is 0.360 e. The number of amides is 2. The molecule has 2 heterocycles. The fourth-order valence-electron chi connectivity index (χ4n) is 2.22. The third kappa shape index (κ3) is 3.33. The van der Waals surface area contributed by atoms with Crippen molar-refractivity contribution in [1.82, 2.24) is 10.1 Å². The van der Waals surface area contributed by atoms with E-state index >= 15 is 0 Å². The molecule has 0 aromatic carbocycles. The second kappa shape index (κ2) is 5.42. The molecule has 0 unspecified atom stereocenters. The van der Waals surface area contributed by atoms with Gasteiger partial charge in [-0.2, -0.15) is 0 Å². The van der Waals surface area contributed by atoms with Crippen molar-refractivity contribution in [2.75, 3.05) is 18.4 Å². The zero-order valence-electron chi connectivity index (χ0n) is 11.5. The van der Waals surface area contributed by atoms with Gasteiger partial charge in [0.1, 0.15) is 5.76 Å². The van der Waals surface area contributed by atoms with Gasteiger partial charge in [0.15, 0.2) is 5.82 Å². The Bertz CT molecular complexity index is 481. The highest BCUT2D eigenvalue weighted by atomic mass is 16.5. The van der Waals surface area contributed by atoms with Crippen LogP contribution in [0.25, 0.3) is 0 Å². The molecule has 1 aromatic heterocycles. The standard InChI is InChI=1S/C13H19N3O3/c1-8(2)6-16-7-10(5-12(16)17)13(18)14-11-4-9(3)19-15-11/h4,8,10H,5-7H2,1-3H3,(H,14,15,18)/t10-/m0/s1. The minimum absolute atomic E-state index is 0.0465. The van der Waals surface area contributed by atoms with Crippen LogP contribution in [0.2, 0.25) is 0 Å².